The van der Waals surface area contributed by atoms with Crippen LogP contribution < -0.4 is 4.74 Å². The van der Waals surface area contributed by atoms with E-state index in [1.165, 1.54) is 37.5 Å². The number of carbonyl (C=O) groups is 1. The van der Waals surface area contributed by atoms with Gasteiger partial charge in [0.1, 0.15) is 5.70 Å². The lowest BCUT2D eigenvalue weighted by Crippen LogP contribution is -2.38. The number of fused-ring (bicyclic) bond motifs is 1. The number of hydrogen-bond donors (Lipinski definition) is 1. The summed E-state index contributed by atoms with van der Waals surface area (Å²) in [5.74, 6) is -0.237. The Morgan fingerprint density at radius 1 is 1.10 bits per heavy atom. The normalized spacial score (nSPS) is 16.4. The number of aromatic nitrogens is 1. The number of nitrogens with zero attached hydrogens (tertiary/aromatic N) is 2. The van der Waals surface area contributed by atoms with E-state index < -0.39 is 15.8 Å². The van der Waals surface area contributed by atoms with Gasteiger partial charge in [0.15, 0.2) is 11.5 Å². The molecule has 152 valence electrons. The molecule has 0 atom stereocenters. The van der Waals surface area contributed by atoms with Crippen LogP contribution in [0.2, 0.25) is 0 Å². The molecule has 4 rings (SSSR count). The molecule has 7 nitrogen and oxygen atoms in total. The number of methoxy groups -OCH3 is 1. The molecule has 1 aliphatic heterocycles. The molecule has 0 saturated carbocycles. The number of ketones is 1. The fourth-order valence-corrected chi connectivity index (χ4v) is 4.92. The summed E-state index contributed by atoms with van der Waals surface area (Å²) in [6.45, 7) is -0.0218. The van der Waals surface area contributed by atoms with Gasteiger partial charge in [-0.3, -0.25) is 14.1 Å². The fraction of sp³-hybridized carbons (Fsp3) is 0.0909. The van der Waals surface area contributed by atoms with Gasteiger partial charge in [-0.1, -0.05) is 18.2 Å². The van der Waals surface area contributed by atoms with Crippen LogP contribution in [0.1, 0.15) is 21.5 Å². The van der Waals surface area contributed by atoms with E-state index in [0.29, 0.717) is 11.1 Å². The summed E-state index contributed by atoms with van der Waals surface area (Å²) in [7, 11) is -2.55. The van der Waals surface area contributed by atoms with Crippen LogP contribution in [-0.2, 0) is 16.6 Å². The van der Waals surface area contributed by atoms with Crippen LogP contribution in [0.5, 0.6) is 11.5 Å². The number of benzene rings is 2. The number of aromatic hydroxyl groups is 1. The number of allylic oxidation sites excluding steroid dienone is 1. The Morgan fingerprint density at radius 3 is 2.57 bits per heavy atom. The number of phenols is 1. The molecule has 2 heterocycles. The van der Waals surface area contributed by atoms with Crippen molar-refractivity contribution in [3.63, 3.8) is 0 Å². The molecule has 2 aromatic carbocycles. The van der Waals surface area contributed by atoms with E-state index in [-0.39, 0.29) is 34.2 Å². The van der Waals surface area contributed by atoms with Crippen molar-refractivity contribution < 1.29 is 23.1 Å². The van der Waals surface area contributed by atoms with Gasteiger partial charge in [0.05, 0.1) is 18.6 Å². The number of sulfonamides is 1. The maximum absolute atomic E-state index is 13.4. The fourth-order valence-electron chi connectivity index (χ4n) is 3.28. The highest BCUT2D eigenvalue weighted by Gasteiger charge is 2.39. The summed E-state index contributed by atoms with van der Waals surface area (Å²) >= 11 is 0. The minimum Gasteiger partial charge on any atom is -0.504 e. The maximum Gasteiger partial charge on any atom is 0.265 e. The average Bonchev–Trinajstić information content (AvgIpc) is 2.76. The molecule has 1 N–H and O–H groups in total. The standard InChI is InChI=1S/C22H18N2O5S/c1-29-20-13-16(6-7-19(20)25)12-18-22(26)17-4-2-3-5-21(17)30(27,28)24(18)14-15-8-10-23-11-9-15/h2-13,25H,14H2,1H3. The first kappa shape index (κ1) is 19.7. The first-order valence-corrected chi connectivity index (χ1v) is 10.5. The zero-order valence-electron chi connectivity index (χ0n) is 16.0. The molecule has 0 amide bonds. The third-order valence-corrected chi connectivity index (χ3v) is 6.60. The predicted molar refractivity (Wildman–Crippen MR) is 110 cm³/mol. The van der Waals surface area contributed by atoms with E-state index in [4.69, 9.17) is 4.74 Å². The van der Waals surface area contributed by atoms with E-state index in [1.807, 2.05) is 0 Å². The zero-order valence-corrected chi connectivity index (χ0v) is 16.8. The Balaban J connectivity index is 1.90. The van der Waals surface area contributed by atoms with Crippen LogP contribution in [0.25, 0.3) is 6.08 Å². The molecular formula is C22H18N2O5S. The Morgan fingerprint density at radius 2 is 1.83 bits per heavy atom. The first-order chi connectivity index (χ1) is 14.4. The lowest BCUT2D eigenvalue weighted by Gasteiger charge is -2.31. The second-order valence-corrected chi connectivity index (χ2v) is 8.48. The molecule has 0 bridgehead atoms. The summed E-state index contributed by atoms with van der Waals surface area (Å²) < 4.78 is 33.0. The topological polar surface area (TPSA) is 96.8 Å². The second kappa shape index (κ2) is 7.64. The number of hydrogen-bond acceptors (Lipinski definition) is 6. The van der Waals surface area contributed by atoms with E-state index in [1.54, 1.807) is 42.7 Å². The third-order valence-electron chi connectivity index (χ3n) is 4.78. The summed E-state index contributed by atoms with van der Waals surface area (Å²) in [6, 6.07) is 14.1. The summed E-state index contributed by atoms with van der Waals surface area (Å²) in [4.78, 5) is 17.2. The minimum atomic E-state index is -3.96. The lowest BCUT2D eigenvalue weighted by molar-refractivity contribution is 0.100. The lowest BCUT2D eigenvalue weighted by atomic mass is 10.0. The van der Waals surface area contributed by atoms with Gasteiger partial charge >= 0.3 is 0 Å². The number of phenolic OH excluding ortho intramolecular Hbond substituents is 1. The number of carbonyl (C=O) groups excluding carboxylic acids is 1. The Kier molecular flexibility index (Phi) is 5.01. The van der Waals surface area contributed by atoms with Gasteiger partial charge in [-0.25, -0.2) is 8.42 Å². The quantitative estimate of drug-likeness (QED) is 0.649. The minimum absolute atomic E-state index is 0.0123. The highest BCUT2D eigenvalue weighted by molar-refractivity contribution is 7.89. The molecule has 1 aromatic heterocycles. The Labute approximate surface area is 173 Å². The highest BCUT2D eigenvalue weighted by atomic mass is 32.2. The van der Waals surface area contributed by atoms with E-state index >= 15 is 0 Å². The number of ether oxygens (including phenoxy) is 1. The predicted octanol–water partition coefficient (Wildman–Crippen LogP) is 3.22. The summed E-state index contributed by atoms with van der Waals surface area (Å²) in [6.07, 6.45) is 4.62. The van der Waals surface area contributed by atoms with Gasteiger partial charge in [0, 0.05) is 18.0 Å². The van der Waals surface area contributed by atoms with Crippen molar-refractivity contribution in [3.05, 3.63) is 89.4 Å². The molecule has 0 unspecified atom stereocenters. The Hall–Kier alpha value is -3.65. The number of Topliss-reactive ketones (excluding diaryl/α,β-unsaturated/α-hetero) is 1. The van der Waals surface area contributed by atoms with Crippen molar-refractivity contribution in [1.29, 1.82) is 0 Å². The van der Waals surface area contributed by atoms with Crippen LogP contribution in [0.15, 0.2) is 77.6 Å². The SMILES string of the molecule is COc1cc(C=C2C(=O)c3ccccc3S(=O)(=O)N2Cc2ccncc2)ccc1O. The van der Waals surface area contributed by atoms with Gasteiger partial charge in [0.2, 0.25) is 5.78 Å². The van der Waals surface area contributed by atoms with Crippen LogP contribution in [0.4, 0.5) is 0 Å². The van der Waals surface area contributed by atoms with E-state index in [2.05, 4.69) is 4.98 Å². The molecule has 0 fully saturated rings. The van der Waals surface area contributed by atoms with Crippen molar-refractivity contribution in [2.75, 3.05) is 7.11 Å². The molecular weight excluding hydrogens is 404 g/mol. The van der Waals surface area contributed by atoms with E-state index in [9.17, 15) is 18.3 Å². The van der Waals surface area contributed by atoms with Crippen molar-refractivity contribution in [3.8, 4) is 11.5 Å². The molecule has 0 saturated heterocycles. The largest absolute Gasteiger partial charge is 0.504 e. The molecule has 8 heteroatoms. The van der Waals surface area contributed by atoms with Crippen molar-refractivity contribution >= 4 is 21.9 Å². The van der Waals surface area contributed by atoms with Crippen LogP contribution in [0.3, 0.4) is 0 Å². The first-order valence-electron chi connectivity index (χ1n) is 9.06. The third kappa shape index (κ3) is 3.42. The van der Waals surface area contributed by atoms with Crippen molar-refractivity contribution in [1.82, 2.24) is 9.29 Å². The molecule has 1 aliphatic rings. The van der Waals surface area contributed by atoms with Gasteiger partial charge in [-0.05, 0) is 53.6 Å². The van der Waals surface area contributed by atoms with Gasteiger partial charge in [-0.15, -0.1) is 0 Å². The van der Waals surface area contributed by atoms with Gasteiger partial charge in [-0.2, -0.15) is 0 Å². The van der Waals surface area contributed by atoms with Gasteiger partial charge in [0.25, 0.3) is 10.0 Å². The summed E-state index contributed by atoms with van der Waals surface area (Å²) in [5.41, 5.74) is 1.34. The van der Waals surface area contributed by atoms with E-state index in [0.717, 1.165) is 4.31 Å². The van der Waals surface area contributed by atoms with Crippen LogP contribution >= 0.6 is 0 Å². The molecule has 0 aliphatic carbocycles. The van der Waals surface area contributed by atoms with Gasteiger partial charge < -0.3 is 9.84 Å². The zero-order chi connectivity index (χ0) is 21.3. The maximum atomic E-state index is 13.4. The molecule has 0 radical (unpaired) electrons. The smallest absolute Gasteiger partial charge is 0.265 e. The van der Waals surface area contributed by atoms with Crippen molar-refractivity contribution in [2.45, 2.75) is 11.4 Å². The highest BCUT2D eigenvalue weighted by Crippen LogP contribution is 2.35. The number of pyridine rings is 1. The Bertz CT molecular complexity index is 1250. The van der Waals surface area contributed by atoms with Crippen molar-refractivity contribution in [2.24, 2.45) is 0 Å². The molecule has 0 spiro atoms. The average molecular weight is 422 g/mol. The van der Waals surface area contributed by atoms with Crippen LogP contribution in [0, 0.1) is 0 Å². The monoisotopic (exact) mass is 422 g/mol. The molecule has 3 aromatic rings. The second-order valence-electron chi connectivity index (χ2n) is 6.65. The van der Waals surface area contributed by atoms with Crippen LogP contribution in [-0.4, -0.2) is 35.7 Å². The summed E-state index contributed by atoms with van der Waals surface area (Å²) in [5, 5.41) is 9.83. The molecule has 30 heavy (non-hydrogen) atoms. The number of rotatable bonds is 4.